The molecule has 36 heavy (non-hydrogen) atoms. The Kier molecular flexibility index (Phi) is 5.70. The van der Waals surface area contributed by atoms with E-state index in [0.29, 0.717) is 17.5 Å². The predicted molar refractivity (Wildman–Crippen MR) is 140 cm³/mol. The molecule has 5 aromatic carbocycles. The predicted octanol–water partition coefficient (Wildman–Crippen LogP) is 7.06. The third-order valence-electron chi connectivity index (χ3n) is 6.85. The molecule has 0 saturated heterocycles. The van der Waals surface area contributed by atoms with E-state index in [1.807, 2.05) is 24.3 Å². The van der Waals surface area contributed by atoms with Crippen molar-refractivity contribution < 1.29 is 19.1 Å². The van der Waals surface area contributed by atoms with E-state index in [2.05, 4.69) is 36.4 Å². The summed E-state index contributed by atoms with van der Waals surface area (Å²) in [5.74, 6) is -0.859. The van der Waals surface area contributed by atoms with Crippen LogP contribution in [0.1, 0.15) is 44.4 Å². The van der Waals surface area contributed by atoms with Crippen LogP contribution < -0.4 is 0 Å². The fourth-order valence-electron chi connectivity index (χ4n) is 5.06. The number of ether oxygens (including phenoxy) is 2. The highest BCUT2D eigenvalue weighted by Crippen LogP contribution is 2.41. The summed E-state index contributed by atoms with van der Waals surface area (Å²) in [4.78, 5) is 26.2. The standard InChI is InChI=1S/C32H24O4/c33-31(22-9-3-1-4-10-22)35-28-18-17-21-15-16-26-19-24-13-7-8-14-25(24)20-27(26)29(21)30(28)36-32(34)23-11-5-2-6-12-23/h1-16,19-20,28,30H,17-18H2/t28-,30+/m0/s1. The fourth-order valence-corrected chi connectivity index (χ4v) is 5.06. The van der Waals surface area contributed by atoms with Gasteiger partial charge in [-0.1, -0.05) is 72.8 Å². The van der Waals surface area contributed by atoms with Gasteiger partial charge >= 0.3 is 11.9 Å². The first-order valence-corrected chi connectivity index (χ1v) is 12.1. The zero-order chi connectivity index (χ0) is 24.5. The van der Waals surface area contributed by atoms with E-state index in [1.165, 1.54) is 0 Å². The molecule has 0 amide bonds. The molecule has 6 rings (SSSR count). The summed E-state index contributed by atoms with van der Waals surface area (Å²) >= 11 is 0. The summed E-state index contributed by atoms with van der Waals surface area (Å²) in [5.41, 5.74) is 2.96. The number of fused-ring (bicyclic) bond motifs is 4. The molecule has 2 atom stereocenters. The molecule has 0 heterocycles. The van der Waals surface area contributed by atoms with E-state index in [4.69, 9.17) is 9.47 Å². The second-order valence-electron chi connectivity index (χ2n) is 9.10. The van der Waals surface area contributed by atoms with Gasteiger partial charge < -0.3 is 9.47 Å². The normalized spacial score (nSPS) is 16.9. The molecule has 0 aromatic heterocycles. The number of hydrogen-bond donors (Lipinski definition) is 0. The van der Waals surface area contributed by atoms with Gasteiger partial charge in [0.1, 0.15) is 6.10 Å². The molecular weight excluding hydrogens is 448 g/mol. The Morgan fingerprint density at radius 1 is 0.611 bits per heavy atom. The number of hydrogen-bond acceptors (Lipinski definition) is 4. The van der Waals surface area contributed by atoms with E-state index in [9.17, 15) is 9.59 Å². The van der Waals surface area contributed by atoms with Crippen molar-refractivity contribution in [2.45, 2.75) is 25.0 Å². The van der Waals surface area contributed by atoms with Crippen molar-refractivity contribution in [2.24, 2.45) is 0 Å². The minimum absolute atomic E-state index is 0.421. The summed E-state index contributed by atoms with van der Waals surface area (Å²) in [6, 6.07) is 34.6. The van der Waals surface area contributed by atoms with Gasteiger partial charge in [-0.3, -0.25) is 0 Å². The fraction of sp³-hybridized carbons (Fsp3) is 0.125. The van der Waals surface area contributed by atoms with Gasteiger partial charge in [-0.25, -0.2) is 9.59 Å². The first-order valence-electron chi connectivity index (χ1n) is 12.1. The van der Waals surface area contributed by atoms with Crippen molar-refractivity contribution in [3.8, 4) is 0 Å². The summed E-state index contributed by atoms with van der Waals surface area (Å²) in [6.45, 7) is 0. The van der Waals surface area contributed by atoms with Crippen molar-refractivity contribution in [2.75, 3.05) is 0 Å². The van der Waals surface area contributed by atoms with Crippen LogP contribution in [0.15, 0.2) is 109 Å². The molecule has 0 aliphatic heterocycles. The zero-order valence-corrected chi connectivity index (χ0v) is 19.6. The smallest absolute Gasteiger partial charge is 0.338 e. The SMILES string of the molecule is O=C(O[C@H]1CCc2ccc3cc4ccccc4cc3c2[C@@H]1OC(=O)c1ccccc1)c1ccccc1. The Morgan fingerprint density at radius 3 is 1.86 bits per heavy atom. The molecule has 0 fully saturated rings. The molecule has 0 N–H and O–H groups in total. The number of carbonyl (C=O) groups excluding carboxylic acids is 2. The molecule has 0 saturated carbocycles. The Balaban J connectivity index is 1.46. The lowest BCUT2D eigenvalue weighted by Crippen LogP contribution is -2.33. The van der Waals surface area contributed by atoms with Crippen LogP contribution in [0.5, 0.6) is 0 Å². The third kappa shape index (κ3) is 4.11. The van der Waals surface area contributed by atoms with Crippen LogP contribution >= 0.6 is 0 Å². The maximum absolute atomic E-state index is 13.2. The molecule has 0 radical (unpaired) electrons. The number of aryl methyl sites for hydroxylation is 1. The molecule has 5 aromatic rings. The monoisotopic (exact) mass is 472 g/mol. The molecule has 4 heteroatoms. The second kappa shape index (κ2) is 9.31. The largest absolute Gasteiger partial charge is 0.454 e. The van der Waals surface area contributed by atoms with Gasteiger partial charge in [0.05, 0.1) is 11.1 Å². The van der Waals surface area contributed by atoms with E-state index in [-0.39, 0.29) is 0 Å². The van der Waals surface area contributed by atoms with E-state index >= 15 is 0 Å². The Morgan fingerprint density at radius 2 is 1.19 bits per heavy atom. The Labute approximate surface area is 209 Å². The van der Waals surface area contributed by atoms with Gasteiger partial charge in [0.2, 0.25) is 0 Å². The highest BCUT2D eigenvalue weighted by Gasteiger charge is 2.37. The first kappa shape index (κ1) is 22.1. The van der Waals surface area contributed by atoms with Crippen LogP contribution in [-0.2, 0) is 15.9 Å². The van der Waals surface area contributed by atoms with Crippen LogP contribution in [0.4, 0.5) is 0 Å². The average molecular weight is 473 g/mol. The van der Waals surface area contributed by atoms with Crippen molar-refractivity contribution in [3.63, 3.8) is 0 Å². The van der Waals surface area contributed by atoms with Crippen LogP contribution in [0.25, 0.3) is 21.5 Å². The van der Waals surface area contributed by atoms with E-state index < -0.39 is 24.1 Å². The highest BCUT2D eigenvalue weighted by molar-refractivity contribution is 6.00. The van der Waals surface area contributed by atoms with Crippen LogP contribution in [0, 0.1) is 0 Å². The summed E-state index contributed by atoms with van der Waals surface area (Å²) in [6.07, 6.45) is -0.0318. The van der Waals surface area contributed by atoms with Crippen LogP contribution in [0.2, 0.25) is 0 Å². The molecule has 1 aliphatic carbocycles. The minimum atomic E-state index is -0.723. The van der Waals surface area contributed by atoms with Crippen LogP contribution in [0.3, 0.4) is 0 Å². The number of carbonyl (C=O) groups is 2. The lowest BCUT2D eigenvalue weighted by atomic mass is 9.83. The van der Waals surface area contributed by atoms with Gasteiger partial charge in [0.25, 0.3) is 0 Å². The van der Waals surface area contributed by atoms with E-state index in [1.54, 1.807) is 48.5 Å². The maximum atomic E-state index is 13.2. The Bertz CT molecular complexity index is 1570. The second-order valence-corrected chi connectivity index (χ2v) is 9.10. The highest BCUT2D eigenvalue weighted by atomic mass is 16.6. The van der Waals surface area contributed by atoms with Crippen molar-refractivity contribution >= 4 is 33.5 Å². The topological polar surface area (TPSA) is 52.6 Å². The Hall–Kier alpha value is -4.44. The zero-order valence-electron chi connectivity index (χ0n) is 19.6. The van der Waals surface area contributed by atoms with Crippen molar-refractivity contribution in [3.05, 3.63) is 131 Å². The molecule has 4 nitrogen and oxygen atoms in total. The molecule has 0 spiro atoms. The van der Waals surface area contributed by atoms with Gasteiger partial charge in [0.15, 0.2) is 6.10 Å². The molecule has 0 bridgehead atoms. The first-order chi connectivity index (χ1) is 17.7. The molecule has 1 aliphatic rings. The van der Waals surface area contributed by atoms with Gasteiger partial charge in [-0.15, -0.1) is 0 Å². The van der Waals surface area contributed by atoms with Crippen molar-refractivity contribution in [1.29, 1.82) is 0 Å². The quantitative estimate of drug-likeness (QED) is 0.207. The number of esters is 2. The summed E-state index contributed by atoms with van der Waals surface area (Å²) in [7, 11) is 0. The van der Waals surface area contributed by atoms with Gasteiger partial charge in [0, 0.05) is 5.56 Å². The van der Waals surface area contributed by atoms with Gasteiger partial charge in [-0.2, -0.15) is 0 Å². The maximum Gasteiger partial charge on any atom is 0.338 e. The summed E-state index contributed by atoms with van der Waals surface area (Å²) in [5, 5.41) is 4.32. The minimum Gasteiger partial charge on any atom is -0.454 e. The lowest BCUT2D eigenvalue weighted by molar-refractivity contribution is -0.0432. The van der Waals surface area contributed by atoms with E-state index in [0.717, 1.165) is 39.1 Å². The lowest BCUT2D eigenvalue weighted by Gasteiger charge is -2.34. The molecular formula is C32H24O4. The third-order valence-corrected chi connectivity index (χ3v) is 6.85. The summed E-state index contributed by atoms with van der Waals surface area (Å²) < 4.78 is 12.2. The molecule has 176 valence electrons. The average Bonchev–Trinajstić information content (AvgIpc) is 2.93. The van der Waals surface area contributed by atoms with Crippen LogP contribution in [-0.4, -0.2) is 18.0 Å². The number of rotatable bonds is 4. The number of benzene rings is 5. The molecule has 0 unspecified atom stereocenters. The van der Waals surface area contributed by atoms with Crippen molar-refractivity contribution in [1.82, 2.24) is 0 Å². The van der Waals surface area contributed by atoms with Gasteiger partial charge in [-0.05, 0) is 76.3 Å².